The molecular formula is C24H25N3O4S2. The van der Waals surface area contributed by atoms with Crippen LogP contribution >= 0.6 is 11.3 Å². The average molecular weight is 484 g/mol. The number of aromatic nitrogens is 1. The van der Waals surface area contributed by atoms with Crippen LogP contribution < -0.4 is 5.32 Å². The topological polar surface area (TPSA) is 92.5 Å². The second-order valence-electron chi connectivity index (χ2n) is 7.52. The molecule has 0 bridgehead atoms. The van der Waals surface area contributed by atoms with Gasteiger partial charge in [0.15, 0.2) is 10.9 Å². The second kappa shape index (κ2) is 9.86. The summed E-state index contributed by atoms with van der Waals surface area (Å²) in [5.41, 5.74) is 1.77. The summed E-state index contributed by atoms with van der Waals surface area (Å²) in [4.78, 5) is 17.3. The molecule has 1 N–H and O–H groups in total. The largest absolute Gasteiger partial charge is 0.454 e. The van der Waals surface area contributed by atoms with E-state index in [-0.39, 0.29) is 10.8 Å². The molecule has 2 heterocycles. The molecule has 2 aromatic carbocycles. The van der Waals surface area contributed by atoms with E-state index in [2.05, 4.69) is 10.3 Å². The highest BCUT2D eigenvalue weighted by Gasteiger charge is 2.23. The Hall–Kier alpha value is -3.01. The number of para-hydroxylation sites is 1. The normalized spacial score (nSPS) is 11.8. The molecule has 7 nitrogen and oxygen atoms in total. The number of rotatable bonds is 9. The van der Waals surface area contributed by atoms with Gasteiger partial charge in [-0.15, -0.1) is 11.3 Å². The third-order valence-electron chi connectivity index (χ3n) is 5.27. The zero-order chi connectivity index (χ0) is 23.4. The Kier molecular flexibility index (Phi) is 6.92. The van der Waals surface area contributed by atoms with E-state index in [4.69, 9.17) is 4.42 Å². The highest BCUT2D eigenvalue weighted by Crippen LogP contribution is 2.30. The fourth-order valence-electron chi connectivity index (χ4n) is 3.43. The summed E-state index contributed by atoms with van der Waals surface area (Å²) < 4.78 is 33.0. The lowest BCUT2D eigenvalue weighted by atomic mass is 10.2. The van der Waals surface area contributed by atoms with Gasteiger partial charge in [-0.2, -0.15) is 4.31 Å². The average Bonchev–Trinajstić information content (AvgIpc) is 3.46. The summed E-state index contributed by atoms with van der Waals surface area (Å²) in [6.07, 6.45) is 1.72. The molecule has 0 saturated heterocycles. The zero-order valence-corrected chi connectivity index (χ0v) is 20.1. The lowest BCUT2D eigenvalue weighted by Crippen LogP contribution is -2.31. The van der Waals surface area contributed by atoms with E-state index in [1.807, 2.05) is 49.6 Å². The molecule has 0 aliphatic heterocycles. The van der Waals surface area contributed by atoms with E-state index in [0.717, 1.165) is 23.8 Å². The molecule has 0 aliphatic rings. The maximum Gasteiger partial charge on any atom is 0.257 e. The van der Waals surface area contributed by atoms with Gasteiger partial charge in [0.2, 0.25) is 10.0 Å². The summed E-state index contributed by atoms with van der Waals surface area (Å²) in [5, 5.41) is 6.01. The summed E-state index contributed by atoms with van der Waals surface area (Å²) in [6, 6.07) is 15.6. The molecule has 172 valence electrons. The molecule has 0 fully saturated rings. The van der Waals surface area contributed by atoms with Gasteiger partial charge in [-0.1, -0.05) is 38.5 Å². The maximum absolute atomic E-state index is 12.9. The van der Waals surface area contributed by atoms with Crippen LogP contribution in [0.5, 0.6) is 0 Å². The lowest BCUT2D eigenvalue weighted by molar-refractivity contribution is 0.102. The molecule has 0 spiro atoms. The minimum Gasteiger partial charge on any atom is -0.454 e. The number of nitrogens with one attached hydrogen (secondary N) is 1. The number of hydrogen-bond donors (Lipinski definition) is 1. The first kappa shape index (κ1) is 23.2. The number of benzene rings is 2. The van der Waals surface area contributed by atoms with Crippen molar-refractivity contribution in [2.75, 3.05) is 18.4 Å². The SMILES string of the molecule is CCCCN(CC)S(=O)(=O)c1ccc(C(=O)Nc2nc(-c3cc4ccccc4o3)cs2)cc1. The highest BCUT2D eigenvalue weighted by molar-refractivity contribution is 7.89. The fourth-order valence-corrected chi connectivity index (χ4v) is 5.61. The standard InChI is InChI=1S/C24H25N3O4S2/c1-3-5-14-27(4-2)33(29,30)19-12-10-17(11-13-19)23(28)26-24-25-20(16-32-24)22-15-18-8-6-7-9-21(18)31-22/h6-13,15-16H,3-5,14H2,1-2H3,(H,25,26,28). The number of nitrogens with zero attached hydrogens (tertiary/aromatic N) is 2. The molecule has 0 unspecified atom stereocenters. The molecule has 4 aromatic rings. The van der Waals surface area contributed by atoms with E-state index < -0.39 is 10.0 Å². The summed E-state index contributed by atoms with van der Waals surface area (Å²) in [5.74, 6) is 0.272. The van der Waals surface area contributed by atoms with Gasteiger partial charge >= 0.3 is 0 Å². The Labute approximate surface area is 197 Å². The Morgan fingerprint density at radius 1 is 1.12 bits per heavy atom. The van der Waals surface area contributed by atoms with Crippen LogP contribution in [-0.2, 0) is 10.0 Å². The van der Waals surface area contributed by atoms with Gasteiger partial charge in [0.25, 0.3) is 5.91 Å². The molecule has 0 aliphatic carbocycles. The molecule has 4 rings (SSSR count). The monoisotopic (exact) mass is 483 g/mol. The van der Waals surface area contributed by atoms with Crippen LogP contribution in [0.25, 0.3) is 22.4 Å². The number of anilines is 1. The van der Waals surface area contributed by atoms with E-state index in [1.54, 1.807) is 0 Å². The third kappa shape index (κ3) is 5.00. The number of carbonyl (C=O) groups is 1. The number of hydrogen-bond acceptors (Lipinski definition) is 6. The number of fused-ring (bicyclic) bond motifs is 1. The van der Waals surface area contributed by atoms with Gasteiger partial charge in [0.05, 0.1) is 4.90 Å². The van der Waals surface area contributed by atoms with Gasteiger partial charge in [-0.05, 0) is 42.8 Å². The Morgan fingerprint density at radius 2 is 1.88 bits per heavy atom. The molecular weight excluding hydrogens is 458 g/mol. The highest BCUT2D eigenvalue weighted by atomic mass is 32.2. The van der Waals surface area contributed by atoms with Gasteiger partial charge in [0, 0.05) is 29.4 Å². The Bertz CT molecular complexity index is 1320. The van der Waals surface area contributed by atoms with Crippen LogP contribution in [0.3, 0.4) is 0 Å². The van der Waals surface area contributed by atoms with Crippen molar-refractivity contribution in [2.45, 2.75) is 31.6 Å². The summed E-state index contributed by atoms with van der Waals surface area (Å²) >= 11 is 1.29. The first-order valence-electron chi connectivity index (χ1n) is 10.8. The van der Waals surface area contributed by atoms with E-state index in [0.29, 0.717) is 35.2 Å². The number of carbonyl (C=O) groups excluding carboxylic acids is 1. The van der Waals surface area contributed by atoms with Crippen molar-refractivity contribution < 1.29 is 17.6 Å². The smallest absolute Gasteiger partial charge is 0.257 e. The van der Waals surface area contributed by atoms with Crippen molar-refractivity contribution in [3.63, 3.8) is 0 Å². The number of thiazole rings is 1. The quantitative estimate of drug-likeness (QED) is 0.334. The maximum atomic E-state index is 12.9. The van der Waals surface area contributed by atoms with E-state index in [9.17, 15) is 13.2 Å². The fraction of sp³-hybridized carbons (Fsp3) is 0.250. The number of unbranched alkanes of at least 4 members (excludes halogenated alkanes) is 1. The van der Waals surface area contributed by atoms with Gasteiger partial charge in [-0.25, -0.2) is 13.4 Å². The molecule has 0 atom stereocenters. The van der Waals surface area contributed by atoms with Crippen molar-refractivity contribution in [2.24, 2.45) is 0 Å². The van der Waals surface area contributed by atoms with Crippen LogP contribution in [-0.4, -0.2) is 36.7 Å². The van der Waals surface area contributed by atoms with Crippen molar-refractivity contribution >= 4 is 43.4 Å². The molecule has 9 heteroatoms. The van der Waals surface area contributed by atoms with Crippen molar-refractivity contribution in [3.05, 3.63) is 65.5 Å². The number of sulfonamides is 1. The summed E-state index contributed by atoms with van der Waals surface area (Å²) in [6.45, 7) is 4.73. The molecule has 2 aromatic heterocycles. The van der Waals surface area contributed by atoms with Crippen LogP contribution in [0.2, 0.25) is 0 Å². The molecule has 0 radical (unpaired) electrons. The van der Waals surface area contributed by atoms with Gasteiger partial charge in [-0.3, -0.25) is 10.1 Å². The molecule has 33 heavy (non-hydrogen) atoms. The van der Waals surface area contributed by atoms with Crippen molar-refractivity contribution in [1.82, 2.24) is 9.29 Å². The second-order valence-corrected chi connectivity index (χ2v) is 10.3. The first-order valence-corrected chi connectivity index (χ1v) is 13.1. The zero-order valence-electron chi connectivity index (χ0n) is 18.4. The minimum absolute atomic E-state index is 0.179. The van der Waals surface area contributed by atoms with Gasteiger partial charge in [0.1, 0.15) is 11.3 Å². The number of furan rings is 1. The van der Waals surface area contributed by atoms with E-state index >= 15 is 0 Å². The molecule has 1 amide bonds. The lowest BCUT2D eigenvalue weighted by Gasteiger charge is -2.20. The van der Waals surface area contributed by atoms with Crippen LogP contribution in [0.4, 0.5) is 5.13 Å². The Balaban J connectivity index is 1.46. The predicted octanol–water partition coefficient (Wildman–Crippen LogP) is 5.62. The third-order valence-corrected chi connectivity index (χ3v) is 8.02. The first-order chi connectivity index (χ1) is 15.9. The van der Waals surface area contributed by atoms with E-state index in [1.165, 1.54) is 39.9 Å². The van der Waals surface area contributed by atoms with Crippen molar-refractivity contribution in [1.29, 1.82) is 0 Å². The van der Waals surface area contributed by atoms with Crippen LogP contribution in [0.15, 0.2) is 69.3 Å². The van der Waals surface area contributed by atoms with Crippen LogP contribution in [0.1, 0.15) is 37.0 Å². The Morgan fingerprint density at radius 3 is 2.58 bits per heavy atom. The molecule has 0 saturated carbocycles. The predicted molar refractivity (Wildman–Crippen MR) is 131 cm³/mol. The van der Waals surface area contributed by atoms with Crippen LogP contribution in [0, 0.1) is 0 Å². The van der Waals surface area contributed by atoms with Gasteiger partial charge < -0.3 is 4.42 Å². The minimum atomic E-state index is -3.58. The van der Waals surface area contributed by atoms with Crippen molar-refractivity contribution in [3.8, 4) is 11.5 Å². The summed E-state index contributed by atoms with van der Waals surface area (Å²) in [7, 11) is -3.58. The number of amides is 1.